The summed E-state index contributed by atoms with van der Waals surface area (Å²) in [6.45, 7) is 7.62. The molecule has 3 aromatic rings. The van der Waals surface area contributed by atoms with Crippen molar-refractivity contribution in [2.75, 3.05) is 37.6 Å². The average Bonchev–Trinajstić information content (AvgIpc) is 3.27. The summed E-state index contributed by atoms with van der Waals surface area (Å²) in [5, 5.41) is 14.7. The lowest BCUT2D eigenvalue weighted by Crippen LogP contribution is -2.45. The lowest BCUT2D eigenvalue weighted by molar-refractivity contribution is 0.0953. The first-order valence-electron chi connectivity index (χ1n) is 10.7. The quantitative estimate of drug-likeness (QED) is 0.586. The number of rotatable bonds is 7. The molecule has 0 radical (unpaired) electrons. The van der Waals surface area contributed by atoms with Gasteiger partial charge in [-0.1, -0.05) is 6.92 Å². The summed E-state index contributed by atoms with van der Waals surface area (Å²) < 4.78 is 0. The number of nitrogens with one attached hydrogen (secondary N) is 1. The Hall–Kier alpha value is -2.90. The molecule has 1 amide bonds. The second kappa shape index (κ2) is 9.94. The number of hydrogen-bond acceptors (Lipinski definition) is 6. The number of carbonyl (C=O) groups is 1. The standard InChI is InChI=1S/C24H28N4O2S/c1-2-7-26-24(30)18-3-5-21(6-4-18)28-10-8-27(9-11-28)16-23-13-20(17-31-23)19-12-22(29)15-25-14-19/h3-6,12-15,17,29H,2,7-11,16H2,1H3,(H,26,30). The summed E-state index contributed by atoms with van der Waals surface area (Å²) in [7, 11) is 0. The largest absolute Gasteiger partial charge is 0.506 e. The van der Waals surface area contributed by atoms with Gasteiger partial charge < -0.3 is 15.3 Å². The van der Waals surface area contributed by atoms with Gasteiger partial charge in [0.25, 0.3) is 5.91 Å². The van der Waals surface area contributed by atoms with Crippen molar-refractivity contribution in [3.8, 4) is 16.9 Å². The van der Waals surface area contributed by atoms with Crippen molar-refractivity contribution in [1.82, 2.24) is 15.2 Å². The van der Waals surface area contributed by atoms with Crippen LogP contribution in [0.25, 0.3) is 11.1 Å². The van der Waals surface area contributed by atoms with Crippen LogP contribution < -0.4 is 10.2 Å². The molecule has 3 heterocycles. The van der Waals surface area contributed by atoms with Gasteiger partial charge >= 0.3 is 0 Å². The second-order valence-electron chi connectivity index (χ2n) is 7.80. The molecular weight excluding hydrogens is 408 g/mol. The molecule has 31 heavy (non-hydrogen) atoms. The number of piperazine rings is 1. The Morgan fingerprint density at radius 3 is 2.58 bits per heavy atom. The molecule has 1 saturated heterocycles. The molecule has 1 aromatic carbocycles. The van der Waals surface area contributed by atoms with E-state index in [1.54, 1.807) is 23.6 Å². The lowest BCUT2D eigenvalue weighted by atomic mass is 10.1. The van der Waals surface area contributed by atoms with Crippen LogP contribution in [-0.2, 0) is 6.54 Å². The molecule has 1 aliphatic heterocycles. The Morgan fingerprint density at radius 1 is 1.10 bits per heavy atom. The minimum atomic E-state index is -0.00460. The third-order valence-corrected chi connectivity index (χ3v) is 6.41. The van der Waals surface area contributed by atoms with Crippen molar-refractivity contribution in [2.24, 2.45) is 0 Å². The van der Waals surface area contributed by atoms with E-state index in [9.17, 15) is 9.90 Å². The first kappa shape index (κ1) is 21.3. The van der Waals surface area contributed by atoms with Crippen LogP contribution in [0.5, 0.6) is 5.75 Å². The van der Waals surface area contributed by atoms with Crippen molar-refractivity contribution in [2.45, 2.75) is 19.9 Å². The van der Waals surface area contributed by atoms with E-state index in [1.165, 1.54) is 16.8 Å². The number of hydrogen-bond donors (Lipinski definition) is 2. The number of carbonyl (C=O) groups excluding carboxylic acids is 1. The molecule has 1 aliphatic rings. The Balaban J connectivity index is 1.30. The van der Waals surface area contributed by atoms with Crippen molar-refractivity contribution < 1.29 is 9.90 Å². The van der Waals surface area contributed by atoms with Gasteiger partial charge in [0, 0.05) is 67.2 Å². The number of aromatic hydroxyl groups is 1. The van der Waals surface area contributed by atoms with E-state index in [4.69, 9.17) is 0 Å². The minimum Gasteiger partial charge on any atom is -0.506 e. The van der Waals surface area contributed by atoms with E-state index in [-0.39, 0.29) is 11.7 Å². The predicted octanol–water partition coefficient (Wildman–Crippen LogP) is 3.98. The molecule has 0 spiro atoms. The molecule has 0 bridgehead atoms. The van der Waals surface area contributed by atoms with Crippen LogP contribution in [0.2, 0.25) is 0 Å². The minimum absolute atomic E-state index is 0.00460. The fourth-order valence-corrected chi connectivity index (χ4v) is 4.68. The predicted molar refractivity (Wildman–Crippen MR) is 126 cm³/mol. The van der Waals surface area contributed by atoms with Crippen LogP contribution in [0, 0.1) is 0 Å². The highest BCUT2D eigenvalue weighted by atomic mass is 32.1. The molecule has 162 valence electrons. The van der Waals surface area contributed by atoms with E-state index in [2.05, 4.69) is 31.5 Å². The molecular formula is C24H28N4O2S. The average molecular weight is 437 g/mol. The number of benzene rings is 1. The highest BCUT2D eigenvalue weighted by molar-refractivity contribution is 7.10. The van der Waals surface area contributed by atoms with Gasteiger partial charge in [0.15, 0.2) is 0 Å². The van der Waals surface area contributed by atoms with E-state index in [1.807, 2.05) is 31.2 Å². The lowest BCUT2D eigenvalue weighted by Gasteiger charge is -2.36. The summed E-state index contributed by atoms with van der Waals surface area (Å²) in [6.07, 6.45) is 4.17. The first-order chi connectivity index (χ1) is 15.1. The van der Waals surface area contributed by atoms with Gasteiger partial charge in [0.1, 0.15) is 5.75 Å². The summed E-state index contributed by atoms with van der Waals surface area (Å²) in [5.41, 5.74) is 3.93. The molecule has 0 atom stereocenters. The van der Waals surface area contributed by atoms with Crippen LogP contribution in [0.15, 0.2) is 54.2 Å². The topological polar surface area (TPSA) is 68.7 Å². The summed E-state index contributed by atoms with van der Waals surface area (Å²) in [4.78, 5) is 22.3. The van der Waals surface area contributed by atoms with Gasteiger partial charge in [-0.15, -0.1) is 11.3 Å². The Kier molecular flexibility index (Phi) is 6.84. The SMILES string of the molecule is CCCNC(=O)c1ccc(N2CCN(Cc3cc(-c4cncc(O)c4)cs3)CC2)cc1. The van der Waals surface area contributed by atoms with E-state index < -0.39 is 0 Å². The summed E-state index contributed by atoms with van der Waals surface area (Å²) in [5.74, 6) is 0.186. The number of nitrogens with zero attached hydrogens (tertiary/aromatic N) is 3. The van der Waals surface area contributed by atoms with Gasteiger partial charge in [0.2, 0.25) is 0 Å². The monoisotopic (exact) mass is 436 g/mol. The molecule has 7 heteroatoms. The molecule has 1 fully saturated rings. The van der Waals surface area contributed by atoms with Gasteiger partial charge in [-0.3, -0.25) is 14.7 Å². The van der Waals surface area contributed by atoms with E-state index in [0.29, 0.717) is 12.1 Å². The van der Waals surface area contributed by atoms with Gasteiger partial charge in [-0.25, -0.2) is 0 Å². The molecule has 2 aromatic heterocycles. The Bertz CT molecular complexity index is 1010. The van der Waals surface area contributed by atoms with Crippen LogP contribution in [-0.4, -0.2) is 53.6 Å². The number of aromatic nitrogens is 1. The van der Waals surface area contributed by atoms with Crippen LogP contribution in [0.1, 0.15) is 28.6 Å². The fourth-order valence-electron chi connectivity index (χ4n) is 3.75. The van der Waals surface area contributed by atoms with Crippen LogP contribution in [0.4, 0.5) is 5.69 Å². The summed E-state index contributed by atoms with van der Waals surface area (Å²) >= 11 is 1.75. The number of anilines is 1. The van der Waals surface area contributed by atoms with Crippen LogP contribution in [0.3, 0.4) is 0 Å². The second-order valence-corrected chi connectivity index (χ2v) is 8.80. The highest BCUT2D eigenvalue weighted by Crippen LogP contribution is 2.28. The van der Waals surface area contributed by atoms with Gasteiger partial charge in [-0.2, -0.15) is 0 Å². The van der Waals surface area contributed by atoms with Crippen LogP contribution >= 0.6 is 11.3 Å². The van der Waals surface area contributed by atoms with Crippen molar-refractivity contribution in [3.63, 3.8) is 0 Å². The highest BCUT2D eigenvalue weighted by Gasteiger charge is 2.18. The third-order valence-electron chi connectivity index (χ3n) is 5.49. The van der Waals surface area contributed by atoms with Crippen molar-refractivity contribution in [1.29, 1.82) is 0 Å². The molecule has 6 nitrogen and oxygen atoms in total. The maximum absolute atomic E-state index is 12.1. The molecule has 0 unspecified atom stereocenters. The van der Waals surface area contributed by atoms with E-state index in [0.717, 1.165) is 50.3 Å². The number of pyridine rings is 1. The van der Waals surface area contributed by atoms with Crippen molar-refractivity contribution in [3.05, 3.63) is 64.6 Å². The molecule has 0 saturated carbocycles. The maximum atomic E-state index is 12.1. The normalized spacial score (nSPS) is 14.5. The summed E-state index contributed by atoms with van der Waals surface area (Å²) in [6, 6.07) is 11.9. The first-order valence-corrected chi connectivity index (χ1v) is 11.6. The molecule has 2 N–H and O–H groups in total. The third kappa shape index (κ3) is 5.42. The number of thiophene rings is 1. The maximum Gasteiger partial charge on any atom is 0.251 e. The smallest absolute Gasteiger partial charge is 0.251 e. The van der Waals surface area contributed by atoms with Crippen molar-refractivity contribution >= 4 is 22.9 Å². The zero-order valence-corrected chi connectivity index (χ0v) is 18.6. The van der Waals surface area contributed by atoms with E-state index >= 15 is 0 Å². The van der Waals surface area contributed by atoms with Gasteiger partial charge in [0.05, 0.1) is 6.20 Å². The Labute approximate surface area is 187 Å². The number of amides is 1. The zero-order valence-electron chi connectivity index (χ0n) is 17.8. The zero-order chi connectivity index (χ0) is 21.6. The Morgan fingerprint density at radius 2 is 1.87 bits per heavy atom. The fraction of sp³-hybridized carbons (Fsp3) is 0.333. The van der Waals surface area contributed by atoms with Gasteiger partial charge in [-0.05, 0) is 53.8 Å². The molecule has 0 aliphatic carbocycles. The molecule has 4 rings (SSSR count).